The predicted octanol–water partition coefficient (Wildman–Crippen LogP) is 3.25. The lowest BCUT2D eigenvalue weighted by Crippen LogP contribution is -2.37. The molecule has 1 fully saturated rings. The molecule has 1 N–H and O–H groups in total. The van der Waals surface area contributed by atoms with E-state index in [0.717, 1.165) is 31.1 Å². The van der Waals surface area contributed by atoms with Gasteiger partial charge in [-0.2, -0.15) is 16.9 Å². The molecular weight excluding hydrogens is 322 g/mol. The number of hydrogen-bond acceptors (Lipinski definition) is 3. The maximum atomic E-state index is 4.60. The van der Waals surface area contributed by atoms with E-state index in [4.69, 9.17) is 0 Å². The van der Waals surface area contributed by atoms with Crippen LogP contribution in [0.3, 0.4) is 0 Å². The van der Waals surface area contributed by atoms with Gasteiger partial charge < -0.3 is 5.32 Å². The van der Waals surface area contributed by atoms with Gasteiger partial charge in [-0.3, -0.25) is 4.68 Å². The predicted molar refractivity (Wildman–Crippen MR) is 86.9 cm³/mol. The van der Waals surface area contributed by atoms with Crippen molar-refractivity contribution < 1.29 is 0 Å². The van der Waals surface area contributed by atoms with E-state index in [2.05, 4.69) is 63.6 Å². The van der Waals surface area contributed by atoms with E-state index in [-0.39, 0.29) is 0 Å². The van der Waals surface area contributed by atoms with Gasteiger partial charge in [-0.25, -0.2) is 0 Å². The number of rotatable bonds is 6. The van der Waals surface area contributed by atoms with E-state index >= 15 is 0 Å². The summed E-state index contributed by atoms with van der Waals surface area (Å²) in [4.78, 5) is 0. The summed E-state index contributed by atoms with van der Waals surface area (Å²) in [6.07, 6.45) is 2.34. The SMILES string of the molecule is CCCNC1CSCC1Cc1c(Br)c(C)nn1CC. The monoisotopic (exact) mass is 345 g/mol. The first-order valence-electron chi connectivity index (χ1n) is 7.20. The van der Waals surface area contributed by atoms with Crippen molar-refractivity contribution in [1.82, 2.24) is 15.1 Å². The summed E-state index contributed by atoms with van der Waals surface area (Å²) >= 11 is 5.79. The Kier molecular flexibility index (Phi) is 5.78. The summed E-state index contributed by atoms with van der Waals surface area (Å²) in [6, 6.07) is 0.664. The molecule has 5 heteroatoms. The van der Waals surface area contributed by atoms with Crippen molar-refractivity contribution in [2.24, 2.45) is 5.92 Å². The molecule has 1 aromatic rings. The van der Waals surface area contributed by atoms with Crippen molar-refractivity contribution in [3.05, 3.63) is 15.9 Å². The van der Waals surface area contributed by atoms with Gasteiger partial charge in [-0.05, 0) is 60.8 Å². The summed E-state index contributed by atoms with van der Waals surface area (Å²) in [5.74, 6) is 3.25. The van der Waals surface area contributed by atoms with Crippen LogP contribution in [-0.2, 0) is 13.0 Å². The summed E-state index contributed by atoms with van der Waals surface area (Å²) in [5.41, 5.74) is 2.48. The number of halogens is 1. The standard InChI is InChI=1S/C14H24BrN3S/c1-4-6-16-12-9-19-8-11(12)7-13-14(15)10(3)17-18(13)5-2/h11-12,16H,4-9H2,1-3H3. The van der Waals surface area contributed by atoms with Gasteiger partial charge in [-0.15, -0.1) is 0 Å². The highest BCUT2D eigenvalue weighted by Crippen LogP contribution is 2.31. The van der Waals surface area contributed by atoms with Gasteiger partial charge in [0.15, 0.2) is 0 Å². The molecule has 1 aliphatic rings. The molecule has 0 spiro atoms. The van der Waals surface area contributed by atoms with Crippen LogP contribution in [0.2, 0.25) is 0 Å². The molecule has 19 heavy (non-hydrogen) atoms. The second kappa shape index (κ2) is 7.14. The molecule has 2 unspecified atom stereocenters. The molecule has 3 nitrogen and oxygen atoms in total. The second-order valence-corrected chi connectivity index (χ2v) is 7.09. The highest BCUT2D eigenvalue weighted by molar-refractivity contribution is 9.10. The molecule has 0 saturated carbocycles. The fourth-order valence-electron chi connectivity index (χ4n) is 2.67. The smallest absolute Gasteiger partial charge is 0.0738 e. The van der Waals surface area contributed by atoms with Gasteiger partial charge in [0.05, 0.1) is 15.9 Å². The molecule has 0 radical (unpaired) electrons. The quantitative estimate of drug-likeness (QED) is 0.858. The fraction of sp³-hybridized carbons (Fsp3) is 0.786. The Morgan fingerprint density at radius 2 is 2.21 bits per heavy atom. The summed E-state index contributed by atoms with van der Waals surface area (Å²) < 4.78 is 3.36. The number of thioether (sulfide) groups is 1. The largest absolute Gasteiger partial charge is 0.313 e. The van der Waals surface area contributed by atoms with E-state index in [9.17, 15) is 0 Å². The van der Waals surface area contributed by atoms with Crippen molar-refractivity contribution in [3.63, 3.8) is 0 Å². The molecule has 108 valence electrons. The maximum absolute atomic E-state index is 4.60. The highest BCUT2D eigenvalue weighted by Gasteiger charge is 2.29. The minimum Gasteiger partial charge on any atom is -0.313 e. The first kappa shape index (κ1) is 15.4. The van der Waals surface area contributed by atoms with Gasteiger partial charge >= 0.3 is 0 Å². The summed E-state index contributed by atoms with van der Waals surface area (Å²) in [6.45, 7) is 8.56. The molecular formula is C14H24BrN3S. The van der Waals surface area contributed by atoms with Gasteiger partial charge in [-0.1, -0.05) is 6.92 Å². The first-order chi connectivity index (χ1) is 9.17. The highest BCUT2D eigenvalue weighted by atomic mass is 79.9. The van der Waals surface area contributed by atoms with Crippen molar-refractivity contribution in [1.29, 1.82) is 0 Å². The summed E-state index contributed by atoms with van der Waals surface area (Å²) in [5, 5.41) is 8.30. The molecule has 0 aliphatic carbocycles. The van der Waals surface area contributed by atoms with Crippen LogP contribution >= 0.6 is 27.7 Å². The number of aryl methyl sites for hydroxylation is 2. The third-order valence-corrected chi connectivity index (χ3v) is 6.05. The lowest BCUT2D eigenvalue weighted by Gasteiger charge is -2.20. The minimum atomic E-state index is 0.664. The number of nitrogens with zero attached hydrogens (tertiary/aromatic N) is 2. The van der Waals surface area contributed by atoms with Gasteiger partial charge in [0, 0.05) is 18.3 Å². The van der Waals surface area contributed by atoms with Crippen molar-refractivity contribution in [2.45, 2.75) is 46.2 Å². The molecule has 0 bridgehead atoms. The second-order valence-electron chi connectivity index (χ2n) is 5.22. The average molecular weight is 346 g/mol. The fourth-order valence-corrected chi connectivity index (χ4v) is 4.55. The Morgan fingerprint density at radius 1 is 1.42 bits per heavy atom. The van der Waals surface area contributed by atoms with Gasteiger partial charge in [0.2, 0.25) is 0 Å². The van der Waals surface area contributed by atoms with Crippen LogP contribution in [0.5, 0.6) is 0 Å². The molecule has 1 saturated heterocycles. The van der Waals surface area contributed by atoms with E-state index in [1.807, 2.05) is 0 Å². The Bertz CT molecular complexity index is 419. The van der Waals surface area contributed by atoms with E-state index in [1.165, 1.54) is 28.1 Å². The lowest BCUT2D eigenvalue weighted by molar-refractivity contribution is 0.413. The summed E-state index contributed by atoms with van der Waals surface area (Å²) in [7, 11) is 0. The van der Waals surface area contributed by atoms with Crippen molar-refractivity contribution in [2.75, 3.05) is 18.1 Å². The molecule has 1 aliphatic heterocycles. The van der Waals surface area contributed by atoms with Crippen LogP contribution < -0.4 is 5.32 Å². The third kappa shape index (κ3) is 3.56. The van der Waals surface area contributed by atoms with Crippen LogP contribution in [0.4, 0.5) is 0 Å². The molecule has 0 amide bonds. The van der Waals surface area contributed by atoms with E-state index < -0.39 is 0 Å². The van der Waals surface area contributed by atoms with Crippen molar-refractivity contribution >= 4 is 27.7 Å². The Labute approximate surface area is 129 Å². The van der Waals surface area contributed by atoms with Crippen LogP contribution in [0.1, 0.15) is 31.7 Å². The first-order valence-corrected chi connectivity index (χ1v) is 9.15. The zero-order valence-electron chi connectivity index (χ0n) is 12.1. The van der Waals surface area contributed by atoms with Crippen LogP contribution in [0, 0.1) is 12.8 Å². The zero-order chi connectivity index (χ0) is 13.8. The number of nitrogens with one attached hydrogen (secondary N) is 1. The molecule has 0 aromatic carbocycles. The normalized spacial score (nSPS) is 23.2. The van der Waals surface area contributed by atoms with E-state index in [1.54, 1.807) is 0 Å². The number of hydrogen-bond donors (Lipinski definition) is 1. The maximum Gasteiger partial charge on any atom is 0.0738 e. The zero-order valence-corrected chi connectivity index (χ0v) is 14.5. The Balaban J connectivity index is 2.07. The lowest BCUT2D eigenvalue weighted by atomic mass is 9.97. The molecule has 2 heterocycles. The van der Waals surface area contributed by atoms with Gasteiger partial charge in [0.1, 0.15) is 0 Å². The van der Waals surface area contributed by atoms with Gasteiger partial charge in [0.25, 0.3) is 0 Å². The van der Waals surface area contributed by atoms with Crippen molar-refractivity contribution in [3.8, 4) is 0 Å². The molecule has 2 rings (SSSR count). The number of aromatic nitrogens is 2. The average Bonchev–Trinajstić information content (AvgIpc) is 2.96. The van der Waals surface area contributed by atoms with E-state index in [0.29, 0.717) is 6.04 Å². The molecule has 2 atom stereocenters. The van der Waals surface area contributed by atoms with Crippen LogP contribution in [0.25, 0.3) is 0 Å². The Hall–Kier alpha value is 0. The molecule has 1 aromatic heterocycles. The minimum absolute atomic E-state index is 0.664. The Morgan fingerprint density at radius 3 is 2.89 bits per heavy atom. The van der Waals surface area contributed by atoms with Crippen LogP contribution in [0.15, 0.2) is 4.47 Å². The topological polar surface area (TPSA) is 29.9 Å². The van der Waals surface area contributed by atoms with Crippen LogP contribution in [-0.4, -0.2) is 33.9 Å². The third-order valence-electron chi connectivity index (χ3n) is 3.76.